The van der Waals surface area contributed by atoms with E-state index in [1.807, 2.05) is 24.3 Å². The zero-order valence-electron chi connectivity index (χ0n) is 16.7. The van der Waals surface area contributed by atoms with Crippen LogP contribution in [-0.4, -0.2) is 46.5 Å². The van der Waals surface area contributed by atoms with Gasteiger partial charge < -0.3 is 5.32 Å². The summed E-state index contributed by atoms with van der Waals surface area (Å²) in [6, 6.07) is 13.7. The summed E-state index contributed by atoms with van der Waals surface area (Å²) in [5, 5.41) is 7.49. The van der Waals surface area contributed by atoms with E-state index in [4.69, 9.17) is 11.6 Å². The number of amides is 1. The molecular weight excluding hydrogens is 438 g/mol. The number of sulfonamides is 1. The van der Waals surface area contributed by atoms with Gasteiger partial charge in [0.05, 0.1) is 16.5 Å². The van der Waals surface area contributed by atoms with Crippen molar-refractivity contribution in [1.29, 1.82) is 0 Å². The Morgan fingerprint density at radius 1 is 1.13 bits per heavy atom. The molecule has 0 aliphatic carbocycles. The van der Waals surface area contributed by atoms with E-state index < -0.39 is 10.0 Å². The van der Waals surface area contributed by atoms with Crippen LogP contribution in [0.4, 0.5) is 0 Å². The highest BCUT2D eigenvalue weighted by Gasteiger charge is 2.33. The smallest absolute Gasteiger partial charge is 0.243 e. The van der Waals surface area contributed by atoms with E-state index in [-0.39, 0.29) is 23.3 Å². The van der Waals surface area contributed by atoms with Gasteiger partial charge in [0.15, 0.2) is 0 Å². The van der Waals surface area contributed by atoms with Crippen molar-refractivity contribution in [3.8, 4) is 5.69 Å². The number of nitrogens with zero attached hydrogens (tertiary/aromatic N) is 4. The molecule has 1 amide bonds. The number of nitrogens with one attached hydrogen (secondary N) is 1. The Bertz CT molecular complexity index is 1130. The fraction of sp³-hybridized carbons (Fsp3) is 0.286. The number of carbonyl (C=O) groups excluding carboxylic acids is 1. The van der Waals surface area contributed by atoms with Crippen molar-refractivity contribution in [1.82, 2.24) is 24.4 Å². The predicted molar refractivity (Wildman–Crippen MR) is 116 cm³/mol. The van der Waals surface area contributed by atoms with Crippen LogP contribution in [0.1, 0.15) is 18.4 Å². The summed E-state index contributed by atoms with van der Waals surface area (Å²) >= 11 is 5.86. The molecule has 1 aromatic heterocycles. The van der Waals surface area contributed by atoms with Gasteiger partial charge in [-0.3, -0.25) is 4.79 Å². The molecule has 0 spiro atoms. The van der Waals surface area contributed by atoms with Gasteiger partial charge in [0, 0.05) is 24.7 Å². The van der Waals surface area contributed by atoms with Gasteiger partial charge in [-0.15, -0.1) is 0 Å². The minimum Gasteiger partial charge on any atom is -0.352 e. The molecule has 1 saturated heterocycles. The van der Waals surface area contributed by atoms with Crippen molar-refractivity contribution < 1.29 is 13.2 Å². The maximum absolute atomic E-state index is 12.9. The SMILES string of the molecule is O=C(NCc1ccc(-n2cncn2)cc1)C1CCCN(S(=O)(=O)c2ccc(Cl)cc2)C1. The average Bonchev–Trinajstić information content (AvgIpc) is 3.33. The van der Waals surface area contributed by atoms with Gasteiger partial charge >= 0.3 is 0 Å². The van der Waals surface area contributed by atoms with E-state index in [0.29, 0.717) is 31.0 Å². The first-order chi connectivity index (χ1) is 14.9. The van der Waals surface area contributed by atoms with Crippen molar-refractivity contribution in [2.75, 3.05) is 13.1 Å². The van der Waals surface area contributed by atoms with E-state index in [1.165, 1.54) is 22.8 Å². The topological polar surface area (TPSA) is 97.2 Å². The van der Waals surface area contributed by atoms with Crippen LogP contribution >= 0.6 is 11.6 Å². The Kier molecular flexibility index (Phi) is 6.35. The van der Waals surface area contributed by atoms with E-state index >= 15 is 0 Å². The van der Waals surface area contributed by atoms with Crippen LogP contribution in [0.15, 0.2) is 66.1 Å². The third-order valence-corrected chi connectivity index (χ3v) is 7.42. The molecule has 0 saturated carbocycles. The van der Waals surface area contributed by atoms with Gasteiger partial charge in [-0.2, -0.15) is 9.40 Å². The molecule has 10 heteroatoms. The minimum absolute atomic E-state index is 0.142. The highest BCUT2D eigenvalue weighted by atomic mass is 35.5. The number of aromatic nitrogens is 3. The van der Waals surface area contributed by atoms with Crippen LogP contribution in [0, 0.1) is 5.92 Å². The summed E-state index contributed by atoms with van der Waals surface area (Å²) < 4.78 is 28.9. The number of carbonyl (C=O) groups is 1. The maximum atomic E-state index is 12.9. The second-order valence-corrected chi connectivity index (χ2v) is 9.75. The Morgan fingerprint density at radius 2 is 1.87 bits per heavy atom. The monoisotopic (exact) mass is 459 g/mol. The van der Waals surface area contributed by atoms with Crippen LogP contribution < -0.4 is 5.32 Å². The quantitative estimate of drug-likeness (QED) is 0.611. The molecule has 1 unspecified atom stereocenters. The van der Waals surface area contributed by atoms with Gasteiger partial charge in [0.25, 0.3) is 0 Å². The van der Waals surface area contributed by atoms with Crippen molar-refractivity contribution >= 4 is 27.5 Å². The highest BCUT2D eigenvalue weighted by molar-refractivity contribution is 7.89. The summed E-state index contributed by atoms with van der Waals surface area (Å²) in [5.41, 5.74) is 1.82. The van der Waals surface area contributed by atoms with Crippen molar-refractivity contribution in [3.05, 3.63) is 71.8 Å². The molecule has 3 aromatic rings. The van der Waals surface area contributed by atoms with Crippen LogP contribution in [0.25, 0.3) is 5.69 Å². The Labute approximate surface area is 185 Å². The van der Waals surface area contributed by atoms with E-state index in [2.05, 4.69) is 15.4 Å². The lowest BCUT2D eigenvalue weighted by atomic mass is 9.99. The zero-order chi connectivity index (χ0) is 21.8. The highest BCUT2D eigenvalue weighted by Crippen LogP contribution is 2.25. The summed E-state index contributed by atoms with van der Waals surface area (Å²) in [6.07, 6.45) is 4.37. The lowest BCUT2D eigenvalue weighted by Crippen LogP contribution is -2.45. The normalized spacial score (nSPS) is 17.4. The fourth-order valence-corrected chi connectivity index (χ4v) is 5.22. The van der Waals surface area contributed by atoms with Crippen LogP contribution in [-0.2, 0) is 21.4 Å². The molecule has 2 heterocycles. The number of hydrogen-bond acceptors (Lipinski definition) is 5. The first kappa shape index (κ1) is 21.5. The molecule has 162 valence electrons. The molecular formula is C21H22ClN5O3S. The largest absolute Gasteiger partial charge is 0.352 e. The first-order valence-electron chi connectivity index (χ1n) is 9.91. The lowest BCUT2D eigenvalue weighted by molar-refractivity contribution is -0.126. The van der Waals surface area contributed by atoms with Crippen molar-refractivity contribution in [2.45, 2.75) is 24.3 Å². The Morgan fingerprint density at radius 3 is 2.55 bits per heavy atom. The molecule has 31 heavy (non-hydrogen) atoms. The first-order valence-corrected chi connectivity index (χ1v) is 11.7. The van der Waals surface area contributed by atoms with Crippen molar-refractivity contribution in [2.24, 2.45) is 5.92 Å². The number of piperidine rings is 1. The lowest BCUT2D eigenvalue weighted by Gasteiger charge is -2.31. The maximum Gasteiger partial charge on any atom is 0.243 e. The third-order valence-electron chi connectivity index (χ3n) is 5.29. The fourth-order valence-electron chi connectivity index (χ4n) is 3.57. The number of halogens is 1. The number of benzene rings is 2. The molecule has 1 aliphatic heterocycles. The van der Waals surface area contributed by atoms with E-state index in [0.717, 1.165) is 11.3 Å². The summed E-state index contributed by atoms with van der Waals surface area (Å²) in [5.74, 6) is -0.526. The average molecular weight is 460 g/mol. The summed E-state index contributed by atoms with van der Waals surface area (Å²) in [4.78, 5) is 16.8. The number of rotatable bonds is 6. The van der Waals surface area contributed by atoms with Gasteiger partial charge in [-0.1, -0.05) is 23.7 Å². The summed E-state index contributed by atoms with van der Waals surface area (Å²) in [7, 11) is -3.66. The second kappa shape index (κ2) is 9.17. The van der Waals surface area contributed by atoms with Gasteiger partial charge in [-0.05, 0) is 54.8 Å². The molecule has 1 N–H and O–H groups in total. The van der Waals surface area contributed by atoms with Gasteiger partial charge in [0.2, 0.25) is 15.9 Å². The molecule has 2 aromatic carbocycles. The van der Waals surface area contributed by atoms with E-state index in [1.54, 1.807) is 23.1 Å². The van der Waals surface area contributed by atoms with Crippen molar-refractivity contribution in [3.63, 3.8) is 0 Å². The Balaban J connectivity index is 1.36. The minimum atomic E-state index is -3.66. The third kappa shape index (κ3) is 4.95. The number of hydrogen-bond donors (Lipinski definition) is 1. The molecule has 0 radical (unpaired) electrons. The molecule has 1 atom stereocenters. The van der Waals surface area contributed by atoms with E-state index in [9.17, 15) is 13.2 Å². The molecule has 1 aliphatic rings. The molecule has 1 fully saturated rings. The standard InChI is InChI=1S/C21H22ClN5O3S/c22-18-5-9-20(10-6-18)31(29,30)26-11-1-2-17(13-26)21(28)24-12-16-3-7-19(8-4-16)27-15-23-14-25-27/h3-10,14-15,17H,1-2,11-13H2,(H,24,28). The van der Waals surface area contributed by atoms with Gasteiger partial charge in [-0.25, -0.2) is 18.1 Å². The van der Waals surface area contributed by atoms with Crippen LogP contribution in [0.2, 0.25) is 5.02 Å². The van der Waals surface area contributed by atoms with Gasteiger partial charge in [0.1, 0.15) is 12.7 Å². The molecule has 0 bridgehead atoms. The van der Waals surface area contributed by atoms with Crippen LogP contribution in [0.5, 0.6) is 0 Å². The zero-order valence-corrected chi connectivity index (χ0v) is 18.3. The Hall–Kier alpha value is -2.75. The van der Waals surface area contributed by atoms with Crippen LogP contribution in [0.3, 0.4) is 0 Å². The molecule has 4 rings (SSSR count). The summed E-state index contributed by atoms with van der Waals surface area (Å²) in [6.45, 7) is 0.942. The predicted octanol–water partition coefficient (Wildman–Crippen LogP) is 2.64. The molecule has 8 nitrogen and oxygen atoms in total. The second-order valence-electron chi connectivity index (χ2n) is 7.38.